The molecule has 1 aliphatic carbocycles. The van der Waals surface area contributed by atoms with E-state index in [1.165, 1.54) is 31.6 Å². The number of ether oxygens (including phenoxy) is 1. The minimum atomic E-state index is -3.81. The molecule has 1 aromatic heterocycles. The van der Waals surface area contributed by atoms with Crippen molar-refractivity contribution in [3.05, 3.63) is 17.0 Å². The van der Waals surface area contributed by atoms with Crippen LogP contribution in [0.2, 0.25) is 0 Å². The normalized spacial score (nSPS) is 25.8. The molecule has 0 aliphatic heterocycles. The van der Waals surface area contributed by atoms with Gasteiger partial charge in [-0.1, -0.05) is 6.92 Å². The summed E-state index contributed by atoms with van der Waals surface area (Å²) in [5, 5.41) is 9.47. The van der Waals surface area contributed by atoms with Gasteiger partial charge in [0.05, 0.1) is 6.10 Å². The highest BCUT2D eigenvalue weighted by atomic mass is 32.2. The van der Waals surface area contributed by atoms with E-state index < -0.39 is 21.5 Å². The zero-order valence-electron chi connectivity index (χ0n) is 12.2. The Hall–Kier alpha value is -0.960. The number of hydrogen-bond donors (Lipinski definition) is 1. The molecule has 0 atom stereocenters. The summed E-state index contributed by atoms with van der Waals surface area (Å²) in [6, 6.07) is 3.30. The molecule has 0 saturated heterocycles. The van der Waals surface area contributed by atoms with Crippen LogP contribution in [-0.4, -0.2) is 49.6 Å². The molecule has 1 aromatic rings. The average molecular weight is 333 g/mol. The summed E-state index contributed by atoms with van der Waals surface area (Å²) in [6.07, 6.45) is 0.870. The van der Waals surface area contributed by atoms with Crippen molar-refractivity contribution in [3.8, 4) is 0 Å². The lowest BCUT2D eigenvalue weighted by Gasteiger charge is -2.47. The van der Waals surface area contributed by atoms with Gasteiger partial charge >= 0.3 is 5.97 Å². The SMILES string of the molecule is CCc1ccc(S(=O)(=O)N(C)C2(C(=O)O)CC(OC)C2)s1. The number of carboxylic acids is 1. The summed E-state index contributed by atoms with van der Waals surface area (Å²) in [6.45, 7) is 1.94. The number of rotatable bonds is 6. The van der Waals surface area contributed by atoms with Crippen LogP contribution in [0.15, 0.2) is 16.3 Å². The number of likely N-dealkylation sites (N-methyl/N-ethyl adjacent to an activating group) is 1. The van der Waals surface area contributed by atoms with Gasteiger partial charge in [0.25, 0.3) is 10.0 Å². The van der Waals surface area contributed by atoms with E-state index in [9.17, 15) is 18.3 Å². The second-order valence-electron chi connectivity index (χ2n) is 5.15. The fraction of sp³-hybridized carbons (Fsp3) is 0.615. The molecule has 0 unspecified atom stereocenters. The highest BCUT2D eigenvalue weighted by molar-refractivity contribution is 7.91. The highest BCUT2D eigenvalue weighted by Crippen LogP contribution is 2.42. The molecule has 1 heterocycles. The Labute approximate surface area is 128 Å². The zero-order valence-corrected chi connectivity index (χ0v) is 13.8. The number of aryl methyl sites for hydroxylation is 1. The summed E-state index contributed by atoms with van der Waals surface area (Å²) in [4.78, 5) is 12.5. The second-order valence-corrected chi connectivity index (χ2v) is 8.51. The summed E-state index contributed by atoms with van der Waals surface area (Å²) in [5.41, 5.74) is -1.41. The standard InChI is InChI=1S/C13H19NO5S2/c1-4-10-5-6-11(20-10)21(17,18)14(2)13(12(15)16)7-9(8-13)19-3/h5-6,9H,4,7-8H2,1-3H3,(H,15,16). The number of thiophene rings is 1. The number of carboxylic acid groups (broad SMARTS) is 1. The summed E-state index contributed by atoms with van der Waals surface area (Å²) >= 11 is 1.18. The van der Waals surface area contributed by atoms with Gasteiger partial charge in [-0.25, -0.2) is 8.42 Å². The number of hydrogen-bond acceptors (Lipinski definition) is 5. The van der Waals surface area contributed by atoms with Gasteiger partial charge in [0.15, 0.2) is 0 Å². The number of sulfonamides is 1. The molecule has 6 nitrogen and oxygen atoms in total. The van der Waals surface area contributed by atoms with Gasteiger partial charge < -0.3 is 9.84 Å². The molecule has 0 bridgehead atoms. The fourth-order valence-electron chi connectivity index (χ4n) is 2.48. The Morgan fingerprint density at radius 1 is 1.52 bits per heavy atom. The predicted molar refractivity (Wildman–Crippen MR) is 79.0 cm³/mol. The highest BCUT2D eigenvalue weighted by Gasteiger charge is 2.57. The number of methoxy groups -OCH3 is 1. The van der Waals surface area contributed by atoms with Crippen molar-refractivity contribution in [2.75, 3.05) is 14.2 Å². The van der Waals surface area contributed by atoms with Crippen molar-refractivity contribution in [3.63, 3.8) is 0 Å². The van der Waals surface area contributed by atoms with Gasteiger partial charge in [0.1, 0.15) is 9.75 Å². The van der Waals surface area contributed by atoms with Crippen LogP contribution in [0.4, 0.5) is 0 Å². The molecule has 0 spiro atoms. The first kappa shape index (κ1) is 16.4. The average Bonchev–Trinajstić information content (AvgIpc) is 2.86. The molecule has 1 N–H and O–H groups in total. The van der Waals surface area contributed by atoms with E-state index in [0.29, 0.717) is 0 Å². The number of carbonyl (C=O) groups is 1. The maximum absolute atomic E-state index is 12.6. The first-order valence-electron chi connectivity index (χ1n) is 6.62. The van der Waals surface area contributed by atoms with Gasteiger partial charge in [0.2, 0.25) is 0 Å². The van der Waals surface area contributed by atoms with Crippen LogP contribution < -0.4 is 0 Å². The summed E-state index contributed by atoms with van der Waals surface area (Å²) in [7, 11) is -0.976. The van der Waals surface area contributed by atoms with Gasteiger partial charge in [0, 0.05) is 31.9 Å². The van der Waals surface area contributed by atoms with Crippen LogP contribution in [0.3, 0.4) is 0 Å². The maximum Gasteiger partial charge on any atom is 0.325 e. The van der Waals surface area contributed by atoms with E-state index >= 15 is 0 Å². The summed E-state index contributed by atoms with van der Waals surface area (Å²) < 4.78 is 31.5. The Kier molecular flexibility index (Phi) is 4.44. The van der Waals surface area contributed by atoms with Crippen LogP contribution in [0.5, 0.6) is 0 Å². The van der Waals surface area contributed by atoms with E-state index in [1.807, 2.05) is 6.92 Å². The first-order chi connectivity index (χ1) is 9.77. The molecular weight excluding hydrogens is 314 g/mol. The van der Waals surface area contributed by atoms with E-state index in [0.717, 1.165) is 15.6 Å². The van der Waals surface area contributed by atoms with E-state index in [-0.39, 0.29) is 23.2 Å². The zero-order chi connectivity index (χ0) is 15.8. The molecule has 2 rings (SSSR count). The van der Waals surface area contributed by atoms with Crippen molar-refractivity contribution in [1.29, 1.82) is 0 Å². The third-order valence-electron chi connectivity index (χ3n) is 4.07. The fourth-order valence-corrected chi connectivity index (χ4v) is 5.43. The first-order valence-corrected chi connectivity index (χ1v) is 8.87. The van der Waals surface area contributed by atoms with Crippen LogP contribution >= 0.6 is 11.3 Å². The molecule has 1 aliphatic rings. The van der Waals surface area contributed by atoms with Crippen molar-refractivity contribution in [1.82, 2.24) is 4.31 Å². The molecule has 118 valence electrons. The van der Waals surface area contributed by atoms with Gasteiger partial charge in [-0.05, 0) is 18.6 Å². The molecular formula is C13H19NO5S2. The second kappa shape index (κ2) is 5.68. The third-order valence-corrected chi connectivity index (χ3v) is 7.69. The Morgan fingerprint density at radius 2 is 2.14 bits per heavy atom. The quantitative estimate of drug-likeness (QED) is 0.854. The monoisotopic (exact) mass is 333 g/mol. The van der Waals surface area contributed by atoms with E-state index in [4.69, 9.17) is 4.74 Å². The lowest BCUT2D eigenvalue weighted by Crippen LogP contribution is -2.64. The topological polar surface area (TPSA) is 83.9 Å². The van der Waals surface area contributed by atoms with E-state index in [2.05, 4.69) is 0 Å². The number of aliphatic carboxylic acids is 1. The van der Waals surface area contributed by atoms with Crippen LogP contribution in [-0.2, 0) is 26.0 Å². The molecule has 0 aromatic carbocycles. The molecule has 1 fully saturated rings. The lowest BCUT2D eigenvalue weighted by atomic mass is 9.74. The van der Waals surface area contributed by atoms with Crippen molar-refractivity contribution in [2.24, 2.45) is 0 Å². The largest absolute Gasteiger partial charge is 0.480 e. The Morgan fingerprint density at radius 3 is 2.57 bits per heavy atom. The lowest BCUT2D eigenvalue weighted by molar-refractivity contribution is -0.162. The van der Waals surface area contributed by atoms with Crippen molar-refractivity contribution >= 4 is 27.3 Å². The van der Waals surface area contributed by atoms with Crippen LogP contribution in [0, 0.1) is 0 Å². The number of nitrogens with zero attached hydrogens (tertiary/aromatic N) is 1. The van der Waals surface area contributed by atoms with Crippen molar-refractivity contribution in [2.45, 2.75) is 42.0 Å². The minimum Gasteiger partial charge on any atom is -0.480 e. The predicted octanol–water partition coefficient (Wildman–Crippen LogP) is 1.56. The van der Waals surface area contributed by atoms with Gasteiger partial charge in [-0.2, -0.15) is 4.31 Å². The van der Waals surface area contributed by atoms with E-state index in [1.54, 1.807) is 6.07 Å². The van der Waals surface area contributed by atoms with Crippen LogP contribution in [0.1, 0.15) is 24.6 Å². The van der Waals surface area contributed by atoms with Crippen molar-refractivity contribution < 1.29 is 23.1 Å². The maximum atomic E-state index is 12.6. The molecule has 0 amide bonds. The minimum absolute atomic E-state index is 0.167. The van der Waals surface area contributed by atoms with Crippen LogP contribution in [0.25, 0.3) is 0 Å². The van der Waals surface area contributed by atoms with Gasteiger partial charge in [-0.15, -0.1) is 11.3 Å². The summed E-state index contributed by atoms with van der Waals surface area (Å²) in [5.74, 6) is -1.13. The van der Waals surface area contributed by atoms with Gasteiger partial charge in [-0.3, -0.25) is 4.79 Å². The third kappa shape index (κ3) is 2.61. The molecule has 8 heteroatoms. The molecule has 21 heavy (non-hydrogen) atoms. The Balaban J connectivity index is 2.32. The molecule has 1 saturated carbocycles. The smallest absolute Gasteiger partial charge is 0.325 e. The Bertz CT molecular complexity index is 631. The molecule has 0 radical (unpaired) electrons.